The Kier molecular flexibility index (Phi) is 2.49. The van der Waals surface area contributed by atoms with E-state index in [0.29, 0.717) is 0 Å². The van der Waals surface area contributed by atoms with E-state index < -0.39 is 0 Å². The highest BCUT2D eigenvalue weighted by Crippen LogP contribution is 2.16. The van der Waals surface area contributed by atoms with Crippen LogP contribution in [0.25, 0.3) is 0 Å². The normalized spacial score (nSPS) is 9.73. The van der Waals surface area contributed by atoms with E-state index in [0.717, 1.165) is 12.1 Å². The fourth-order valence-corrected chi connectivity index (χ4v) is 1.13. The summed E-state index contributed by atoms with van der Waals surface area (Å²) in [4.78, 5) is 0. The zero-order valence-electron chi connectivity index (χ0n) is 7.02. The van der Waals surface area contributed by atoms with Crippen molar-refractivity contribution < 1.29 is 0 Å². The summed E-state index contributed by atoms with van der Waals surface area (Å²) >= 11 is 0. The highest BCUT2D eigenvalue weighted by atomic mass is 15.2. The maximum Gasteiger partial charge on any atom is 0.0519 e. The molecule has 11 heavy (non-hydrogen) atoms. The predicted octanol–water partition coefficient (Wildman–Crippen LogP) is 1.84. The van der Waals surface area contributed by atoms with Crippen LogP contribution in [0.3, 0.4) is 0 Å². The van der Waals surface area contributed by atoms with Gasteiger partial charge >= 0.3 is 0 Å². The number of nitrogens with two attached hydrogens (primary N) is 1. The first kappa shape index (κ1) is 8.08. The maximum absolute atomic E-state index is 5.35. The van der Waals surface area contributed by atoms with Crippen molar-refractivity contribution in [3.63, 3.8) is 0 Å². The molecule has 60 valence electrons. The highest BCUT2D eigenvalue weighted by molar-refractivity contribution is 5.52. The lowest BCUT2D eigenvalue weighted by Crippen LogP contribution is -2.09. The van der Waals surface area contributed by atoms with E-state index >= 15 is 0 Å². The number of rotatable bonds is 2. The lowest BCUT2D eigenvalue weighted by Gasteiger charge is -2.06. The second-order valence-electron chi connectivity index (χ2n) is 2.66. The van der Waals surface area contributed by atoms with E-state index in [1.165, 1.54) is 11.1 Å². The molecule has 0 radical (unpaired) electrons. The molecule has 0 saturated carbocycles. The van der Waals surface area contributed by atoms with Crippen LogP contribution in [0.4, 0.5) is 5.69 Å². The summed E-state index contributed by atoms with van der Waals surface area (Å²) in [5.41, 5.74) is 6.22. The summed E-state index contributed by atoms with van der Waals surface area (Å²) < 4.78 is 0. The molecule has 1 rings (SSSR count). The van der Waals surface area contributed by atoms with Gasteiger partial charge in [0.2, 0.25) is 0 Å². The molecule has 0 heterocycles. The van der Waals surface area contributed by atoms with Crippen molar-refractivity contribution in [3.8, 4) is 0 Å². The molecule has 0 saturated heterocycles. The van der Waals surface area contributed by atoms with Gasteiger partial charge < -0.3 is 5.43 Å². The van der Waals surface area contributed by atoms with Gasteiger partial charge in [0, 0.05) is 0 Å². The molecule has 0 fully saturated rings. The molecule has 1 aromatic carbocycles. The molecular formula is C9H14N2. The average Bonchev–Trinajstić information content (AvgIpc) is 2.04. The fourth-order valence-electron chi connectivity index (χ4n) is 1.13. The second kappa shape index (κ2) is 3.39. The Labute approximate surface area is 67.4 Å². The molecule has 1 aromatic rings. The summed E-state index contributed by atoms with van der Waals surface area (Å²) in [6.45, 7) is 4.17. The summed E-state index contributed by atoms with van der Waals surface area (Å²) in [5.74, 6) is 5.35. The van der Waals surface area contributed by atoms with Crippen LogP contribution in [0.5, 0.6) is 0 Å². The van der Waals surface area contributed by atoms with Gasteiger partial charge in [0.1, 0.15) is 0 Å². The molecule has 0 spiro atoms. The van der Waals surface area contributed by atoms with Crippen molar-refractivity contribution >= 4 is 5.69 Å². The van der Waals surface area contributed by atoms with Gasteiger partial charge in [-0.15, -0.1) is 0 Å². The van der Waals surface area contributed by atoms with Crippen LogP contribution in [0.1, 0.15) is 18.1 Å². The Morgan fingerprint density at radius 3 is 2.73 bits per heavy atom. The van der Waals surface area contributed by atoms with E-state index in [-0.39, 0.29) is 0 Å². The highest BCUT2D eigenvalue weighted by Gasteiger charge is 1.97. The standard InChI is InChI=1S/C9H14N2/c1-3-8-5-4-7(2)6-9(8)11-10/h4-6,11H,3,10H2,1-2H3. The van der Waals surface area contributed by atoms with Crippen molar-refractivity contribution in [2.45, 2.75) is 20.3 Å². The van der Waals surface area contributed by atoms with E-state index in [1.54, 1.807) is 0 Å². The van der Waals surface area contributed by atoms with Gasteiger partial charge in [-0.3, -0.25) is 5.84 Å². The summed E-state index contributed by atoms with van der Waals surface area (Å²) in [5, 5.41) is 0. The monoisotopic (exact) mass is 150 g/mol. The number of hydrogen-bond acceptors (Lipinski definition) is 2. The Hall–Kier alpha value is -1.02. The Balaban J connectivity index is 3.06. The predicted molar refractivity (Wildman–Crippen MR) is 48.4 cm³/mol. The van der Waals surface area contributed by atoms with Crippen LogP contribution in [-0.4, -0.2) is 0 Å². The van der Waals surface area contributed by atoms with Gasteiger partial charge in [0.05, 0.1) is 5.69 Å². The van der Waals surface area contributed by atoms with Crippen LogP contribution in [0, 0.1) is 6.92 Å². The van der Waals surface area contributed by atoms with Crippen LogP contribution in [-0.2, 0) is 6.42 Å². The van der Waals surface area contributed by atoms with E-state index in [4.69, 9.17) is 5.84 Å². The largest absolute Gasteiger partial charge is 0.324 e. The number of nitrogens with one attached hydrogen (secondary N) is 1. The van der Waals surface area contributed by atoms with Crippen LogP contribution >= 0.6 is 0 Å². The van der Waals surface area contributed by atoms with Crippen molar-refractivity contribution in [3.05, 3.63) is 29.3 Å². The summed E-state index contributed by atoms with van der Waals surface area (Å²) in [6, 6.07) is 6.25. The molecule has 0 bridgehead atoms. The number of aryl methyl sites for hydroxylation is 2. The van der Waals surface area contributed by atoms with Gasteiger partial charge in [0.15, 0.2) is 0 Å². The molecule has 0 aliphatic heterocycles. The first-order chi connectivity index (χ1) is 5.27. The number of hydrazine groups is 1. The number of anilines is 1. The third kappa shape index (κ3) is 1.71. The zero-order valence-corrected chi connectivity index (χ0v) is 7.02. The Morgan fingerprint density at radius 1 is 1.45 bits per heavy atom. The number of benzene rings is 1. The summed E-state index contributed by atoms with van der Waals surface area (Å²) in [7, 11) is 0. The van der Waals surface area contributed by atoms with Gasteiger partial charge in [-0.25, -0.2) is 0 Å². The van der Waals surface area contributed by atoms with Crippen molar-refractivity contribution in [2.75, 3.05) is 5.43 Å². The molecule has 0 atom stereocenters. The van der Waals surface area contributed by atoms with E-state index in [2.05, 4.69) is 37.5 Å². The number of hydrogen-bond donors (Lipinski definition) is 2. The number of nitrogen functional groups attached to an aromatic ring is 1. The fraction of sp³-hybridized carbons (Fsp3) is 0.333. The quantitative estimate of drug-likeness (QED) is 0.498. The maximum atomic E-state index is 5.35. The molecular weight excluding hydrogens is 136 g/mol. The average molecular weight is 150 g/mol. The molecule has 0 amide bonds. The molecule has 2 nitrogen and oxygen atoms in total. The summed E-state index contributed by atoms with van der Waals surface area (Å²) in [6.07, 6.45) is 1.01. The first-order valence-electron chi connectivity index (χ1n) is 3.84. The molecule has 0 unspecified atom stereocenters. The first-order valence-corrected chi connectivity index (χ1v) is 3.84. The topological polar surface area (TPSA) is 38.0 Å². The smallest absolute Gasteiger partial charge is 0.0519 e. The van der Waals surface area contributed by atoms with Crippen LogP contribution in [0.2, 0.25) is 0 Å². The molecule has 0 aliphatic carbocycles. The van der Waals surface area contributed by atoms with Crippen molar-refractivity contribution in [1.82, 2.24) is 0 Å². The van der Waals surface area contributed by atoms with Crippen LogP contribution < -0.4 is 11.3 Å². The Bertz CT molecular complexity index is 243. The third-order valence-corrected chi connectivity index (χ3v) is 1.80. The lowest BCUT2D eigenvalue weighted by molar-refractivity contribution is 1.12. The van der Waals surface area contributed by atoms with Gasteiger partial charge in [-0.1, -0.05) is 19.1 Å². The zero-order chi connectivity index (χ0) is 8.27. The minimum atomic E-state index is 1.01. The van der Waals surface area contributed by atoms with Gasteiger partial charge in [-0.2, -0.15) is 0 Å². The van der Waals surface area contributed by atoms with E-state index in [1.807, 2.05) is 0 Å². The second-order valence-corrected chi connectivity index (χ2v) is 2.66. The minimum Gasteiger partial charge on any atom is -0.324 e. The van der Waals surface area contributed by atoms with Crippen molar-refractivity contribution in [2.24, 2.45) is 5.84 Å². The molecule has 2 heteroatoms. The van der Waals surface area contributed by atoms with Gasteiger partial charge in [-0.05, 0) is 30.5 Å². The Morgan fingerprint density at radius 2 is 2.18 bits per heavy atom. The lowest BCUT2D eigenvalue weighted by atomic mass is 10.1. The molecule has 0 aliphatic rings. The minimum absolute atomic E-state index is 1.01. The van der Waals surface area contributed by atoms with Crippen molar-refractivity contribution in [1.29, 1.82) is 0 Å². The van der Waals surface area contributed by atoms with Crippen LogP contribution in [0.15, 0.2) is 18.2 Å². The molecule has 0 aromatic heterocycles. The SMILES string of the molecule is CCc1ccc(C)cc1NN. The molecule has 3 N–H and O–H groups in total. The van der Waals surface area contributed by atoms with E-state index in [9.17, 15) is 0 Å². The van der Waals surface area contributed by atoms with Gasteiger partial charge in [0.25, 0.3) is 0 Å². The third-order valence-electron chi connectivity index (χ3n) is 1.80.